The predicted octanol–water partition coefficient (Wildman–Crippen LogP) is 7.70. The highest BCUT2D eigenvalue weighted by Gasteiger charge is 2.26. The molecule has 37 heavy (non-hydrogen) atoms. The van der Waals surface area contributed by atoms with Crippen molar-refractivity contribution < 1.29 is 0 Å². The first-order valence-electron chi connectivity index (χ1n) is 12.6. The van der Waals surface area contributed by atoms with Crippen molar-refractivity contribution in [1.29, 1.82) is 0 Å². The highest BCUT2D eigenvalue weighted by Crippen LogP contribution is 2.47. The number of fused-ring (bicyclic) bond motifs is 13. The van der Waals surface area contributed by atoms with Crippen molar-refractivity contribution in [3.05, 3.63) is 121 Å². The Morgan fingerprint density at radius 3 is 2.35 bits per heavy atom. The van der Waals surface area contributed by atoms with Gasteiger partial charge in [0.15, 0.2) is 0 Å². The van der Waals surface area contributed by atoms with Gasteiger partial charge in [-0.1, -0.05) is 48.5 Å². The van der Waals surface area contributed by atoms with Crippen LogP contribution >= 0.6 is 0 Å². The van der Waals surface area contributed by atoms with Gasteiger partial charge in [0.25, 0.3) is 0 Å². The van der Waals surface area contributed by atoms with E-state index in [0.29, 0.717) is 0 Å². The quantitative estimate of drug-likeness (QED) is 0.229. The predicted molar refractivity (Wildman–Crippen MR) is 151 cm³/mol. The molecular weight excluding hydrogens is 452 g/mol. The van der Waals surface area contributed by atoms with Crippen LogP contribution in [0.15, 0.2) is 110 Å². The van der Waals surface area contributed by atoms with Crippen LogP contribution in [0.5, 0.6) is 0 Å². The van der Waals surface area contributed by atoms with Crippen LogP contribution in [0.4, 0.5) is 0 Å². The Morgan fingerprint density at radius 1 is 0.595 bits per heavy atom. The molecule has 0 radical (unpaired) electrons. The third kappa shape index (κ3) is 2.42. The lowest BCUT2D eigenvalue weighted by molar-refractivity contribution is 1.18. The van der Waals surface area contributed by atoms with Crippen molar-refractivity contribution in [3.63, 3.8) is 0 Å². The molecule has 8 aromatic rings. The fraction of sp³-hybridized carbons (Fsp3) is 0.0303. The van der Waals surface area contributed by atoms with Crippen molar-refractivity contribution in [3.8, 4) is 16.8 Å². The van der Waals surface area contributed by atoms with Crippen molar-refractivity contribution in [1.82, 2.24) is 18.9 Å². The van der Waals surface area contributed by atoms with Gasteiger partial charge in [-0.3, -0.25) is 4.40 Å². The van der Waals surface area contributed by atoms with E-state index in [9.17, 15) is 0 Å². The van der Waals surface area contributed by atoms with Crippen molar-refractivity contribution >= 4 is 49.3 Å². The van der Waals surface area contributed by atoms with Gasteiger partial charge in [0.05, 0.1) is 11.0 Å². The molecule has 172 valence electrons. The summed E-state index contributed by atoms with van der Waals surface area (Å²) in [4.78, 5) is 9.44. The van der Waals surface area contributed by atoms with E-state index >= 15 is 0 Å². The molecule has 0 N–H and O–H groups in total. The Morgan fingerprint density at radius 2 is 1.41 bits per heavy atom. The summed E-state index contributed by atoms with van der Waals surface area (Å²) >= 11 is 0. The molecule has 0 spiro atoms. The zero-order chi connectivity index (χ0) is 24.1. The van der Waals surface area contributed by atoms with Gasteiger partial charge < -0.3 is 4.57 Å². The molecule has 1 aliphatic rings. The molecule has 0 amide bonds. The topological polar surface area (TPSA) is 35.1 Å². The molecule has 0 saturated carbocycles. The summed E-state index contributed by atoms with van der Waals surface area (Å²) in [6.45, 7) is 0. The lowest BCUT2D eigenvalue weighted by atomic mass is 9.98. The highest BCUT2D eigenvalue weighted by atomic mass is 15.0. The summed E-state index contributed by atoms with van der Waals surface area (Å²) in [6.07, 6.45) is 6.66. The molecule has 0 saturated heterocycles. The molecule has 0 atom stereocenters. The molecular formula is C33H20N4. The monoisotopic (exact) mass is 472 g/mol. The van der Waals surface area contributed by atoms with E-state index in [1.54, 1.807) is 0 Å². The fourth-order valence-electron chi connectivity index (χ4n) is 6.50. The summed E-state index contributed by atoms with van der Waals surface area (Å²) in [5, 5.41) is 6.10. The summed E-state index contributed by atoms with van der Waals surface area (Å²) < 4.78 is 4.55. The van der Waals surface area contributed by atoms with E-state index in [1.807, 2.05) is 24.7 Å². The molecule has 4 aromatic heterocycles. The first-order chi connectivity index (χ1) is 18.4. The number of pyridine rings is 2. The number of nitrogens with zero attached hydrogens (tertiary/aromatic N) is 4. The second-order valence-electron chi connectivity index (χ2n) is 9.91. The van der Waals surface area contributed by atoms with Crippen LogP contribution in [-0.4, -0.2) is 18.9 Å². The minimum atomic E-state index is 0.921. The third-order valence-electron chi connectivity index (χ3n) is 8.02. The van der Waals surface area contributed by atoms with E-state index in [-0.39, 0.29) is 0 Å². The molecule has 0 unspecified atom stereocenters. The van der Waals surface area contributed by atoms with Crippen molar-refractivity contribution in [2.45, 2.75) is 6.42 Å². The van der Waals surface area contributed by atoms with Crippen LogP contribution in [-0.2, 0) is 6.42 Å². The Bertz CT molecular complexity index is 2220. The molecule has 4 aromatic carbocycles. The van der Waals surface area contributed by atoms with E-state index < -0.39 is 0 Å². The summed E-state index contributed by atoms with van der Waals surface area (Å²) in [5.41, 5.74) is 11.0. The first-order valence-corrected chi connectivity index (χ1v) is 12.6. The number of aromatic nitrogens is 4. The maximum atomic E-state index is 4.72. The number of para-hydroxylation sites is 2. The minimum Gasteiger partial charge on any atom is -0.309 e. The smallest absolute Gasteiger partial charge is 0.146 e. The van der Waals surface area contributed by atoms with E-state index in [0.717, 1.165) is 23.1 Å². The van der Waals surface area contributed by atoms with Gasteiger partial charge in [0, 0.05) is 51.4 Å². The van der Waals surface area contributed by atoms with Crippen LogP contribution in [0.2, 0.25) is 0 Å². The molecule has 1 aliphatic carbocycles. The number of hydrogen-bond acceptors (Lipinski definition) is 2. The number of rotatable bonds is 1. The standard InChI is InChI=1S/C33H20N4/c1-2-7-22(8-3-1)37-29-11-5-4-9-23(29)24-13-12-20-17-21-18-28-27(19-26(21)30(20)31(24)37)25-10-6-14-34-32(25)36-16-15-35-33(28)36/h1-16,18-19H,17H2. The van der Waals surface area contributed by atoms with Gasteiger partial charge in [0.1, 0.15) is 11.3 Å². The molecule has 0 bridgehead atoms. The number of hydrogen-bond donors (Lipinski definition) is 0. The Hall–Kier alpha value is -4.96. The molecule has 9 rings (SSSR count). The third-order valence-corrected chi connectivity index (χ3v) is 8.02. The average Bonchev–Trinajstić information content (AvgIpc) is 3.66. The molecule has 0 fully saturated rings. The van der Waals surface area contributed by atoms with E-state index in [2.05, 4.69) is 93.9 Å². The second kappa shape index (κ2) is 6.83. The maximum Gasteiger partial charge on any atom is 0.146 e. The highest BCUT2D eigenvalue weighted by molar-refractivity contribution is 6.18. The zero-order valence-electron chi connectivity index (χ0n) is 19.9. The lowest BCUT2D eigenvalue weighted by Crippen LogP contribution is -1.96. The SMILES string of the molecule is c1ccc(-n2c3ccccc3c3ccc4c(c32)-c2cc3c5cccnc5n5ccnc5c3cc2C4)cc1. The van der Waals surface area contributed by atoms with Gasteiger partial charge in [-0.2, -0.15) is 0 Å². The van der Waals surface area contributed by atoms with Gasteiger partial charge in [-0.25, -0.2) is 9.97 Å². The van der Waals surface area contributed by atoms with Crippen LogP contribution in [0, 0.1) is 0 Å². The lowest BCUT2D eigenvalue weighted by Gasteiger charge is -2.13. The van der Waals surface area contributed by atoms with Gasteiger partial charge >= 0.3 is 0 Å². The van der Waals surface area contributed by atoms with Gasteiger partial charge in [-0.05, 0) is 71.0 Å². The number of benzene rings is 4. The maximum absolute atomic E-state index is 4.72. The fourth-order valence-corrected chi connectivity index (χ4v) is 6.50. The van der Waals surface area contributed by atoms with Crippen LogP contribution < -0.4 is 0 Å². The summed E-state index contributed by atoms with van der Waals surface area (Å²) in [5.74, 6) is 0. The molecule has 4 heterocycles. The molecule has 4 nitrogen and oxygen atoms in total. The molecule has 4 heteroatoms. The second-order valence-corrected chi connectivity index (χ2v) is 9.91. The van der Waals surface area contributed by atoms with Gasteiger partial charge in [0.2, 0.25) is 0 Å². The summed E-state index contributed by atoms with van der Waals surface area (Å²) in [6, 6.07) is 33.1. The van der Waals surface area contributed by atoms with E-state index in [4.69, 9.17) is 9.97 Å². The van der Waals surface area contributed by atoms with Crippen LogP contribution in [0.3, 0.4) is 0 Å². The molecule has 0 aliphatic heterocycles. The average molecular weight is 473 g/mol. The van der Waals surface area contributed by atoms with Crippen LogP contribution in [0.1, 0.15) is 11.1 Å². The van der Waals surface area contributed by atoms with Gasteiger partial charge in [-0.15, -0.1) is 0 Å². The number of imidazole rings is 1. The minimum absolute atomic E-state index is 0.921. The Kier molecular flexibility index (Phi) is 3.55. The zero-order valence-corrected chi connectivity index (χ0v) is 19.9. The Labute approximate surface area is 212 Å². The Balaban J connectivity index is 1.47. The normalized spacial score (nSPS) is 12.8. The van der Waals surface area contributed by atoms with E-state index in [1.165, 1.54) is 60.5 Å². The summed E-state index contributed by atoms with van der Waals surface area (Å²) in [7, 11) is 0. The first kappa shape index (κ1) is 19.3. The van der Waals surface area contributed by atoms with Crippen molar-refractivity contribution in [2.75, 3.05) is 0 Å². The largest absolute Gasteiger partial charge is 0.309 e. The van der Waals surface area contributed by atoms with Crippen molar-refractivity contribution in [2.24, 2.45) is 0 Å². The van der Waals surface area contributed by atoms with Crippen LogP contribution in [0.25, 0.3) is 66.1 Å².